The van der Waals surface area contributed by atoms with Crippen molar-refractivity contribution in [3.63, 3.8) is 0 Å². The molecule has 3 heteroatoms. The first-order valence-corrected chi connectivity index (χ1v) is 9.04. The third-order valence-corrected chi connectivity index (χ3v) is 5.66. The van der Waals surface area contributed by atoms with E-state index in [4.69, 9.17) is 4.74 Å². The van der Waals surface area contributed by atoms with E-state index < -0.39 is 0 Å². The molecule has 5 rings (SSSR count). The highest BCUT2D eigenvalue weighted by Crippen LogP contribution is 2.34. The summed E-state index contributed by atoms with van der Waals surface area (Å²) in [4.78, 5) is 0. The first-order valence-electron chi connectivity index (χ1n) is 9.04. The van der Waals surface area contributed by atoms with Gasteiger partial charge in [0.05, 0.1) is 20.1 Å². The number of rotatable bonds is 4. The summed E-state index contributed by atoms with van der Waals surface area (Å²) < 4.78 is 7.53. The van der Waals surface area contributed by atoms with Crippen LogP contribution in [0.4, 0.5) is 0 Å². The van der Waals surface area contributed by atoms with E-state index in [1.54, 1.807) is 0 Å². The maximum absolute atomic E-state index is 6.33. The second-order valence-electron chi connectivity index (χ2n) is 7.56. The van der Waals surface area contributed by atoms with E-state index in [0.717, 1.165) is 11.7 Å². The minimum Gasteiger partial charge on any atom is -1.00 e. The lowest BCUT2D eigenvalue weighted by Gasteiger charge is -2.50. The van der Waals surface area contributed by atoms with Gasteiger partial charge in [-0.2, -0.15) is 0 Å². The predicted molar refractivity (Wildman–Crippen MR) is 99.7 cm³/mol. The molecule has 2 bridgehead atoms. The van der Waals surface area contributed by atoms with Crippen molar-refractivity contribution in [1.82, 2.24) is 0 Å². The summed E-state index contributed by atoms with van der Waals surface area (Å²) in [5.74, 6) is 1.76. The SMILES string of the molecule is C[N+]12CCC(CC1)C(Oc1ccc(/C=C/c3ccccc3)cc1)C2.[I-]. The summed E-state index contributed by atoms with van der Waals surface area (Å²) in [5.41, 5.74) is 2.43. The fourth-order valence-corrected chi connectivity index (χ4v) is 4.07. The minimum atomic E-state index is 0. The first kappa shape index (κ1) is 18.5. The summed E-state index contributed by atoms with van der Waals surface area (Å²) in [5, 5.41) is 0. The Hall–Kier alpha value is -1.33. The van der Waals surface area contributed by atoms with E-state index in [-0.39, 0.29) is 24.0 Å². The topological polar surface area (TPSA) is 9.23 Å². The molecule has 3 saturated heterocycles. The Morgan fingerprint density at radius 2 is 1.48 bits per heavy atom. The van der Waals surface area contributed by atoms with Gasteiger partial charge in [0.15, 0.2) is 6.10 Å². The van der Waals surface area contributed by atoms with Crippen LogP contribution in [0, 0.1) is 5.92 Å². The zero-order chi connectivity index (χ0) is 16.4. The minimum absolute atomic E-state index is 0. The number of quaternary nitrogens is 1. The fourth-order valence-electron chi connectivity index (χ4n) is 4.07. The van der Waals surface area contributed by atoms with Crippen LogP contribution in [0.25, 0.3) is 12.2 Å². The van der Waals surface area contributed by atoms with E-state index in [0.29, 0.717) is 6.10 Å². The van der Waals surface area contributed by atoms with Crippen molar-refractivity contribution >= 4 is 12.2 Å². The highest BCUT2D eigenvalue weighted by Gasteiger charge is 2.44. The molecule has 0 spiro atoms. The lowest BCUT2D eigenvalue weighted by Crippen LogP contribution is -3.00. The molecule has 0 N–H and O–H groups in total. The normalized spacial score (nSPS) is 27.9. The molecule has 3 aliphatic rings. The lowest BCUT2D eigenvalue weighted by atomic mass is 9.84. The molecule has 132 valence electrons. The van der Waals surface area contributed by atoms with Crippen LogP contribution in [0.15, 0.2) is 54.6 Å². The van der Waals surface area contributed by atoms with Crippen molar-refractivity contribution in [1.29, 1.82) is 0 Å². The molecule has 25 heavy (non-hydrogen) atoms. The number of likely N-dealkylation sites (N-methyl/N-ethyl adjacent to an activating group) is 1. The van der Waals surface area contributed by atoms with Gasteiger partial charge in [-0.25, -0.2) is 0 Å². The summed E-state index contributed by atoms with van der Waals surface area (Å²) >= 11 is 0. The standard InChI is InChI=1S/C22H26NO.HI/c1-23-15-13-20(14-16-23)22(17-23)24-21-11-9-19(10-12-21)8-7-18-5-3-2-4-6-18;/h2-12,20,22H,13-17H2,1H3;1H/q+1;/p-1/b8-7+;. The molecule has 3 fully saturated rings. The summed E-state index contributed by atoms with van der Waals surface area (Å²) in [6, 6.07) is 18.9. The molecule has 3 aliphatic heterocycles. The highest BCUT2D eigenvalue weighted by molar-refractivity contribution is 5.69. The number of nitrogens with zero attached hydrogens (tertiary/aromatic N) is 1. The average molecular weight is 447 g/mol. The molecule has 2 nitrogen and oxygen atoms in total. The Balaban J connectivity index is 0.00000182. The van der Waals surface area contributed by atoms with Gasteiger partial charge in [-0.1, -0.05) is 54.6 Å². The maximum atomic E-state index is 6.33. The second-order valence-corrected chi connectivity index (χ2v) is 7.56. The monoisotopic (exact) mass is 447 g/mol. The number of halogens is 1. The van der Waals surface area contributed by atoms with Crippen molar-refractivity contribution in [2.24, 2.45) is 5.92 Å². The Labute approximate surface area is 168 Å². The molecule has 0 radical (unpaired) electrons. The van der Waals surface area contributed by atoms with Crippen LogP contribution in [0.3, 0.4) is 0 Å². The smallest absolute Gasteiger partial charge is 0.151 e. The Bertz CT molecular complexity index is 703. The molecule has 0 amide bonds. The predicted octanol–water partition coefficient (Wildman–Crippen LogP) is 1.48. The lowest BCUT2D eigenvalue weighted by molar-refractivity contribution is -0.928. The zero-order valence-corrected chi connectivity index (χ0v) is 16.9. The van der Waals surface area contributed by atoms with Crippen LogP contribution < -0.4 is 28.7 Å². The average Bonchev–Trinajstić information content (AvgIpc) is 2.62. The van der Waals surface area contributed by atoms with E-state index in [1.807, 2.05) is 6.07 Å². The molecule has 1 atom stereocenters. The van der Waals surface area contributed by atoms with Gasteiger partial charge in [0.25, 0.3) is 0 Å². The van der Waals surface area contributed by atoms with Gasteiger partial charge >= 0.3 is 0 Å². The van der Waals surface area contributed by atoms with E-state index in [1.165, 1.54) is 48.1 Å². The van der Waals surface area contributed by atoms with Gasteiger partial charge in [-0.05, 0) is 23.3 Å². The Morgan fingerprint density at radius 3 is 2.08 bits per heavy atom. The number of hydrogen-bond acceptors (Lipinski definition) is 1. The maximum Gasteiger partial charge on any atom is 0.151 e. The summed E-state index contributed by atoms with van der Waals surface area (Å²) in [7, 11) is 2.38. The molecule has 2 aromatic carbocycles. The molecule has 0 aromatic heterocycles. The van der Waals surface area contributed by atoms with Crippen molar-refractivity contribution < 1.29 is 33.2 Å². The van der Waals surface area contributed by atoms with E-state index in [9.17, 15) is 0 Å². The van der Waals surface area contributed by atoms with Crippen molar-refractivity contribution in [2.75, 3.05) is 26.7 Å². The quantitative estimate of drug-likeness (QED) is 0.392. The van der Waals surface area contributed by atoms with Crippen LogP contribution in [-0.2, 0) is 0 Å². The second kappa shape index (κ2) is 7.92. The molecular weight excluding hydrogens is 421 g/mol. The van der Waals surface area contributed by atoms with Gasteiger partial charge in [-0.3, -0.25) is 0 Å². The summed E-state index contributed by atoms with van der Waals surface area (Å²) in [6.45, 7) is 3.82. The van der Waals surface area contributed by atoms with Crippen LogP contribution in [-0.4, -0.2) is 37.3 Å². The van der Waals surface area contributed by atoms with Gasteiger partial charge in [0, 0.05) is 18.8 Å². The first-order chi connectivity index (χ1) is 11.7. The number of hydrogen-bond donors (Lipinski definition) is 0. The number of benzene rings is 2. The number of piperidine rings is 3. The highest BCUT2D eigenvalue weighted by atomic mass is 127. The van der Waals surface area contributed by atoms with Crippen LogP contribution >= 0.6 is 0 Å². The number of ether oxygens (including phenoxy) is 1. The zero-order valence-electron chi connectivity index (χ0n) is 14.8. The van der Waals surface area contributed by atoms with E-state index in [2.05, 4.69) is 67.7 Å². The van der Waals surface area contributed by atoms with Crippen molar-refractivity contribution in [3.05, 3.63) is 65.7 Å². The van der Waals surface area contributed by atoms with Gasteiger partial charge < -0.3 is 33.2 Å². The van der Waals surface area contributed by atoms with Crippen LogP contribution in [0.5, 0.6) is 5.75 Å². The third-order valence-electron chi connectivity index (χ3n) is 5.66. The summed E-state index contributed by atoms with van der Waals surface area (Å²) in [6.07, 6.45) is 7.33. The van der Waals surface area contributed by atoms with Gasteiger partial charge in [-0.15, -0.1) is 0 Å². The largest absolute Gasteiger partial charge is 1.00 e. The van der Waals surface area contributed by atoms with Gasteiger partial charge in [0.1, 0.15) is 12.3 Å². The van der Waals surface area contributed by atoms with Crippen LogP contribution in [0.1, 0.15) is 24.0 Å². The molecule has 3 heterocycles. The Kier molecular flexibility index (Phi) is 5.85. The van der Waals surface area contributed by atoms with Crippen molar-refractivity contribution in [3.8, 4) is 5.75 Å². The molecule has 2 aromatic rings. The molecule has 0 aliphatic carbocycles. The molecule has 0 saturated carbocycles. The molecule has 1 unspecified atom stereocenters. The third kappa shape index (κ3) is 4.45. The van der Waals surface area contributed by atoms with Crippen molar-refractivity contribution in [2.45, 2.75) is 18.9 Å². The van der Waals surface area contributed by atoms with E-state index >= 15 is 0 Å². The van der Waals surface area contributed by atoms with Gasteiger partial charge in [0.2, 0.25) is 0 Å². The number of fused-ring (bicyclic) bond motifs is 3. The fraction of sp³-hybridized carbons (Fsp3) is 0.364. The molecular formula is C22H26INO. The Morgan fingerprint density at radius 1 is 0.880 bits per heavy atom. The van der Waals surface area contributed by atoms with Crippen LogP contribution in [0.2, 0.25) is 0 Å².